The van der Waals surface area contributed by atoms with Gasteiger partial charge in [0, 0.05) is 31.7 Å². The maximum Gasteiger partial charge on any atom is 0.227 e. The van der Waals surface area contributed by atoms with E-state index < -0.39 is 0 Å². The van der Waals surface area contributed by atoms with Gasteiger partial charge in [-0.2, -0.15) is 0 Å². The molecule has 0 saturated carbocycles. The second kappa shape index (κ2) is 7.08. The number of nitrogens with one attached hydrogen (secondary N) is 1. The van der Waals surface area contributed by atoms with Crippen molar-refractivity contribution in [3.63, 3.8) is 0 Å². The van der Waals surface area contributed by atoms with Gasteiger partial charge in [0.1, 0.15) is 5.82 Å². The number of carbonyl (C=O) groups is 2. The fraction of sp³-hybridized carbons (Fsp3) is 0.529. The monoisotopic (exact) mass is 319 g/mol. The molecule has 0 aliphatic carbocycles. The molecule has 5 nitrogen and oxygen atoms in total. The van der Waals surface area contributed by atoms with Crippen molar-refractivity contribution in [3.05, 3.63) is 30.1 Å². The third-order valence-electron chi connectivity index (χ3n) is 4.54. The number of hydrogen-bond acceptors (Lipinski definition) is 3. The molecular formula is C17H22FN3O2. The Morgan fingerprint density at radius 2 is 2.09 bits per heavy atom. The van der Waals surface area contributed by atoms with Gasteiger partial charge in [0.15, 0.2) is 0 Å². The van der Waals surface area contributed by atoms with Crippen LogP contribution in [-0.4, -0.2) is 49.4 Å². The largest absolute Gasteiger partial charge is 0.355 e. The first-order valence-corrected chi connectivity index (χ1v) is 8.19. The molecule has 3 rings (SSSR count). The second-order valence-corrected chi connectivity index (χ2v) is 6.23. The first-order valence-electron chi connectivity index (χ1n) is 8.19. The number of likely N-dealkylation sites (tertiary alicyclic amines) is 1. The molecule has 0 spiro atoms. The van der Waals surface area contributed by atoms with Crippen molar-refractivity contribution in [3.8, 4) is 0 Å². The molecule has 2 heterocycles. The molecule has 1 aromatic rings. The van der Waals surface area contributed by atoms with Crippen molar-refractivity contribution >= 4 is 17.5 Å². The van der Waals surface area contributed by atoms with E-state index in [1.54, 1.807) is 12.1 Å². The lowest BCUT2D eigenvalue weighted by Gasteiger charge is -2.18. The smallest absolute Gasteiger partial charge is 0.227 e. The lowest BCUT2D eigenvalue weighted by Crippen LogP contribution is -2.37. The molecule has 2 aliphatic rings. The van der Waals surface area contributed by atoms with Gasteiger partial charge in [0.05, 0.1) is 5.92 Å². The Labute approximate surface area is 135 Å². The first kappa shape index (κ1) is 15.9. The van der Waals surface area contributed by atoms with Crippen LogP contribution >= 0.6 is 0 Å². The van der Waals surface area contributed by atoms with Gasteiger partial charge in [-0.05, 0) is 44.1 Å². The van der Waals surface area contributed by atoms with Crippen LogP contribution < -0.4 is 10.2 Å². The van der Waals surface area contributed by atoms with Gasteiger partial charge in [-0.3, -0.25) is 9.59 Å². The van der Waals surface area contributed by atoms with E-state index in [2.05, 4.69) is 10.2 Å². The van der Waals surface area contributed by atoms with Crippen LogP contribution in [0.25, 0.3) is 0 Å². The average molecular weight is 319 g/mol. The topological polar surface area (TPSA) is 52.7 Å². The van der Waals surface area contributed by atoms with Crippen LogP contribution in [0.2, 0.25) is 0 Å². The zero-order valence-electron chi connectivity index (χ0n) is 13.1. The van der Waals surface area contributed by atoms with Gasteiger partial charge < -0.3 is 15.1 Å². The molecule has 6 heteroatoms. The van der Waals surface area contributed by atoms with Crippen molar-refractivity contribution in [2.75, 3.05) is 37.6 Å². The van der Waals surface area contributed by atoms with E-state index in [0.717, 1.165) is 19.6 Å². The zero-order chi connectivity index (χ0) is 16.2. The minimum atomic E-state index is -0.381. The van der Waals surface area contributed by atoms with Crippen molar-refractivity contribution in [2.24, 2.45) is 5.92 Å². The van der Waals surface area contributed by atoms with E-state index in [1.165, 1.54) is 29.9 Å². The predicted octanol–water partition coefficient (Wildman–Crippen LogP) is 1.39. The summed E-state index contributed by atoms with van der Waals surface area (Å²) in [7, 11) is 0. The fourth-order valence-electron chi connectivity index (χ4n) is 3.26. The Balaban J connectivity index is 1.51. The van der Waals surface area contributed by atoms with Gasteiger partial charge >= 0.3 is 0 Å². The minimum absolute atomic E-state index is 0.0866. The Kier molecular flexibility index (Phi) is 4.91. The van der Waals surface area contributed by atoms with Crippen LogP contribution in [0.4, 0.5) is 10.1 Å². The number of hydrogen-bond donors (Lipinski definition) is 1. The lowest BCUT2D eigenvalue weighted by atomic mass is 10.1. The summed E-state index contributed by atoms with van der Waals surface area (Å²) in [6.45, 7) is 4.00. The summed E-state index contributed by atoms with van der Waals surface area (Å²) in [5, 5.41) is 2.92. The molecule has 1 N–H and O–H groups in total. The Bertz CT molecular complexity index is 587. The molecule has 0 aromatic heterocycles. The SMILES string of the molecule is O=C(NCCN1CCCC1)C1CC(=O)N(c2cccc(F)c2)C1. The van der Waals surface area contributed by atoms with Crippen molar-refractivity contribution < 1.29 is 14.0 Å². The summed E-state index contributed by atoms with van der Waals surface area (Å²) in [6.07, 6.45) is 2.65. The van der Waals surface area contributed by atoms with Crippen LogP contribution in [0.15, 0.2) is 24.3 Å². The summed E-state index contributed by atoms with van der Waals surface area (Å²) in [4.78, 5) is 28.2. The summed E-state index contributed by atoms with van der Waals surface area (Å²) in [6, 6.07) is 5.92. The fourth-order valence-corrected chi connectivity index (χ4v) is 3.26. The van der Waals surface area contributed by atoms with Crippen LogP contribution in [0.3, 0.4) is 0 Å². The highest BCUT2D eigenvalue weighted by Crippen LogP contribution is 2.25. The van der Waals surface area contributed by atoms with Gasteiger partial charge in [-0.25, -0.2) is 4.39 Å². The van der Waals surface area contributed by atoms with Crippen LogP contribution in [0.5, 0.6) is 0 Å². The molecule has 0 radical (unpaired) electrons. The maximum atomic E-state index is 13.3. The molecule has 124 valence electrons. The van der Waals surface area contributed by atoms with Crippen molar-refractivity contribution in [1.82, 2.24) is 10.2 Å². The number of benzene rings is 1. The van der Waals surface area contributed by atoms with Crippen LogP contribution in [-0.2, 0) is 9.59 Å². The number of rotatable bonds is 5. The van der Waals surface area contributed by atoms with Gasteiger partial charge in [0.25, 0.3) is 0 Å². The van der Waals surface area contributed by atoms with Gasteiger partial charge in [-0.15, -0.1) is 0 Å². The molecule has 1 atom stereocenters. The first-order chi connectivity index (χ1) is 11.1. The van der Waals surface area contributed by atoms with E-state index >= 15 is 0 Å². The van der Waals surface area contributed by atoms with E-state index in [4.69, 9.17) is 0 Å². The number of anilines is 1. The van der Waals surface area contributed by atoms with Crippen LogP contribution in [0.1, 0.15) is 19.3 Å². The normalized spacial score (nSPS) is 21.9. The van der Waals surface area contributed by atoms with Gasteiger partial charge in [-0.1, -0.05) is 6.07 Å². The molecule has 2 aliphatic heterocycles. The second-order valence-electron chi connectivity index (χ2n) is 6.23. The summed E-state index contributed by atoms with van der Waals surface area (Å²) < 4.78 is 13.3. The van der Waals surface area contributed by atoms with E-state index in [1.807, 2.05) is 0 Å². The molecule has 1 aromatic carbocycles. The van der Waals surface area contributed by atoms with E-state index in [0.29, 0.717) is 18.8 Å². The van der Waals surface area contributed by atoms with E-state index in [9.17, 15) is 14.0 Å². The third-order valence-corrected chi connectivity index (χ3v) is 4.54. The molecular weight excluding hydrogens is 297 g/mol. The molecule has 0 bridgehead atoms. The average Bonchev–Trinajstić information content (AvgIpc) is 3.16. The van der Waals surface area contributed by atoms with Crippen LogP contribution in [0, 0.1) is 11.7 Å². The highest BCUT2D eigenvalue weighted by atomic mass is 19.1. The maximum absolute atomic E-state index is 13.3. The minimum Gasteiger partial charge on any atom is -0.355 e. The third kappa shape index (κ3) is 3.88. The Morgan fingerprint density at radius 3 is 2.83 bits per heavy atom. The summed E-state index contributed by atoms with van der Waals surface area (Å²) in [5.41, 5.74) is 0.516. The van der Waals surface area contributed by atoms with Gasteiger partial charge in [0.2, 0.25) is 11.8 Å². The Morgan fingerprint density at radius 1 is 1.30 bits per heavy atom. The zero-order valence-corrected chi connectivity index (χ0v) is 13.1. The molecule has 2 saturated heterocycles. The highest BCUT2D eigenvalue weighted by Gasteiger charge is 2.35. The summed E-state index contributed by atoms with van der Waals surface area (Å²) in [5.74, 6) is -0.954. The lowest BCUT2D eigenvalue weighted by molar-refractivity contribution is -0.126. The molecule has 2 fully saturated rings. The number of nitrogens with zero attached hydrogens (tertiary/aromatic N) is 2. The standard InChI is InChI=1S/C17H22FN3O2/c18-14-4-3-5-15(11-14)21-12-13(10-16(21)22)17(23)19-6-9-20-7-1-2-8-20/h3-5,11,13H,1-2,6-10,12H2,(H,19,23). The number of carbonyl (C=O) groups excluding carboxylic acids is 2. The molecule has 2 amide bonds. The predicted molar refractivity (Wildman–Crippen MR) is 85.5 cm³/mol. The Hall–Kier alpha value is -1.95. The quantitative estimate of drug-likeness (QED) is 0.892. The highest BCUT2D eigenvalue weighted by molar-refractivity contribution is 6.00. The number of amides is 2. The van der Waals surface area contributed by atoms with Crippen molar-refractivity contribution in [2.45, 2.75) is 19.3 Å². The van der Waals surface area contributed by atoms with E-state index in [-0.39, 0.29) is 30.0 Å². The van der Waals surface area contributed by atoms with Crippen molar-refractivity contribution in [1.29, 1.82) is 0 Å². The molecule has 1 unspecified atom stereocenters. The number of halogens is 1. The molecule has 23 heavy (non-hydrogen) atoms. The summed E-state index contributed by atoms with van der Waals surface area (Å²) >= 11 is 0.